The maximum atomic E-state index is 13.3. The van der Waals surface area contributed by atoms with Crippen LogP contribution in [-0.2, 0) is 24.7 Å². The Kier molecular flexibility index (Phi) is 7.28. The van der Waals surface area contributed by atoms with Crippen molar-refractivity contribution in [2.45, 2.75) is 25.6 Å². The average molecular weight is 384 g/mol. The Morgan fingerprint density at radius 2 is 1.46 bits per heavy atom. The Labute approximate surface area is 164 Å². The number of ether oxygens (including phenoxy) is 2. The van der Waals surface area contributed by atoms with Crippen molar-refractivity contribution in [3.63, 3.8) is 0 Å². The number of benzene rings is 2. The van der Waals surface area contributed by atoms with Gasteiger partial charge >= 0.3 is 12.0 Å². The zero-order chi connectivity index (χ0) is 20.6. The van der Waals surface area contributed by atoms with Crippen molar-refractivity contribution in [3.8, 4) is 0 Å². The third kappa shape index (κ3) is 4.55. The molecule has 0 spiro atoms. The molecular weight excluding hydrogens is 360 g/mol. The molecule has 7 heteroatoms. The summed E-state index contributed by atoms with van der Waals surface area (Å²) in [6, 6.07) is 17.2. The van der Waals surface area contributed by atoms with Crippen LogP contribution in [0.4, 0.5) is 4.79 Å². The molecule has 28 heavy (non-hydrogen) atoms. The predicted molar refractivity (Wildman–Crippen MR) is 103 cm³/mol. The molecule has 2 aromatic rings. The molecule has 0 aromatic heterocycles. The van der Waals surface area contributed by atoms with Crippen LogP contribution in [0.5, 0.6) is 0 Å². The molecule has 0 saturated carbocycles. The molecule has 0 unspecified atom stereocenters. The summed E-state index contributed by atoms with van der Waals surface area (Å²) in [6.45, 7) is 3.40. The second kappa shape index (κ2) is 9.66. The highest BCUT2D eigenvalue weighted by molar-refractivity contribution is 5.97. The normalized spacial score (nSPS) is 12.0. The number of imide groups is 1. The molecule has 0 fully saturated rings. The molecule has 0 aliphatic rings. The number of rotatable bonds is 7. The molecule has 0 bridgehead atoms. The summed E-state index contributed by atoms with van der Waals surface area (Å²) in [4.78, 5) is 36.8. The molecule has 0 aliphatic heterocycles. The minimum atomic E-state index is -1.54. The molecule has 0 aliphatic carbocycles. The predicted octanol–water partition coefficient (Wildman–Crippen LogP) is 2.35. The largest absolute Gasteiger partial charge is 0.450 e. The number of urea groups is 1. The van der Waals surface area contributed by atoms with Crippen LogP contribution in [0.3, 0.4) is 0 Å². The Morgan fingerprint density at radius 3 is 1.89 bits per heavy atom. The van der Waals surface area contributed by atoms with Gasteiger partial charge in [-0.1, -0.05) is 60.7 Å². The smallest absolute Gasteiger partial charge is 0.348 e. The summed E-state index contributed by atoms with van der Waals surface area (Å²) in [6.07, 6.45) is -1.20. The molecule has 0 radical (unpaired) electrons. The van der Waals surface area contributed by atoms with Crippen molar-refractivity contribution in [1.29, 1.82) is 0 Å². The van der Waals surface area contributed by atoms with Crippen LogP contribution in [0.2, 0.25) is 0 Å². The topological polar surface area (TPSA) is 93.7 Å². The maximum Gasteiger partial charge on any atom is 0.348 e. The summed E-state index contributed by atoms with van der Waals surface area (Å²) >= 11 is 0. The Bertz CT molecular complexity index is 769. The number of carbonyl (C=O) groups is 3. The van der Waals surface area contributed by atoms with Crippen molar-refractivity contribution in [2.24, 2.45) is 0 Å². The van der Waals surface area contributed by atoms with E-state index in [-0.39, 0.29) is 6.61 Å². The first kappa shape index (κ1) is 21.1. The van der Waals surface area contributed by atoms with Crippen molar-refractivity contribution in [2.75, 3.05) is 13.7 Å². The molecule has 2 rings (SSSR count). The molecule has 148 valence electrons. The van der Waals surface area contributed by atoms with E-state index in [9.17, 15) is 14.4 Å². The Balaban J connectivity index is 2.42. The van der Waals surface area contributed by atoms with Gasteiger partial charge in [-0.2, -0.15) is 0 Å². The number of amides is 3. The summed E-state index contributed by atoms with van der Waals surface area (Å²) in [5.41, 5.74) is -0.391. The number of esters is 1. The van der Waals surface area contributed by atoms with Gasteiger partial charge in [0.25, 0.3) is 5.91 Å². The van der Waals surface area contributed by atoms with Crippen molar-refractivity contribution >= 4 is 17.9 Å². The zero-order valence-electron chi connectivity index (χ0n) is 16.1. The van der Waals surface area contributed by atoms with Crippen molar-refractivity contribution in [1.82, 2.24) is 10.6 Å². The maximum absolute atomic E-state index is 13.3. The fourth-order valence-corrected chi connectivity index (χ4v) is 2.76. The molecular formula is C21H24N2O5. The standard InChI is InChI=1S/C21H24N2O5/c1-4-27-21(16-11-7-5-8-12-16,17-13-9-6-10-14-17)19(25)28-15(2)18(24)23-20(26)22-3/h5-15H,4H2,1-3H3,(H2,22,23,24,26)/t15-/m1/s1. The highest BCUT2D eigenvalue weighted by Crippen LogP contribution is 2.35. The van der Waals surface area contributed by atoms with Gasteiger partial charge in [-0.05, 0) is 25.0 Å². The van der Waals surface area contributed by atoms with Crippen molar-refractivity contribution < 1.29 is 23.9 Å². The number of hydrogen-bond donors (Lipinski definition) is 2. The lowest BCUT2D eigenvalue weighted by atomic mass is 9.86. The minimum Gasteiger partial charge on any atom is -0.450 e. The van der Waals surface area contributed by atoms with Crippen LogP contribution in [0.1, 0.15) is 25.0 Å². The fraction of sp³-hybridized carbons (Fsp3) is 0.286. The van der Waals surface area contributed by atoms with Crippen LogP contribution in [0.25, 0.3) is 0 Å². The van der Waals surface area contributed by atoms with Crippen LogP contribution >= 0.6 is 0 Å². The van der Waals surface area contributed by atoms with Gasteiger partial charge in [0.05, 0.1) is 0 Å². The first-order chi connectivity index (χ1) is 13.5. The van der Waals surface area contributed by atoms with E-state index in [1.807, 2.05) is 12.1 Å². The van der Waals surface area contributed by atoms with Crippen LogP contribution in [-0.4, -0.2) is 37.7 Å². The van der Waals surface area contributed by atoms with E-state index in [2.05, 4.69) is 10.6 Å². The van der Waals surface area contributed by atoms with Gasteiger partial charge in [0.1, 0.15) is 0 Å². The first-order valence-corrected chi connectivity index (χ1v) is 8.94. The third-order valence-corrected chi connectivity index (χ3v) is 4.13. The van der Waals surface area contributed by atoms with E-state index in [1.165, 1.54) is 14.0 Å². The quantitative estimate of drug-likeness (QED) is 0.715. The van der Waals surface area contributed by atoms with Gasteiger partial charge in [0.2, 0.25) is 5.60 Å². The van der Waals surface area contributed by atoms with E-state index in [0.717, 1.165) is 0 Å². The van der Waals surface area contributed by atoms with Gasteiger partial charge in [-0.3, -0.25) is 10.1 Å². The SMILES string of the molecule is CCOC(C(=O)O[C@H](C)C(=O)NC(=O)NC)(c1ccccc1)c1ccccc1. The highest BCUT2D eigenvalue weighted by atomic mass is 16.6. The molecule has 2 N–H and O–H groups in total. The highest BCUT2D eigenvalue weighted by Gasteiger charge is 2.46. The Hall–Kier alpha value is -3.19. The summed E-state index contributed by atoms with van der Waals surface area (Å²) in [5, 5.41) is 4.36. The fourth-order valence-electron chi connectivity index (χ4n) is 2.76. The molecule has 0 heterocycles. The summed E-state index contributed by atoms with van der Waals surface area (Å²) in [7, 11) is 1.38. The second-order valence-corrected chi connectivity index (χ2v) is 5.96. The van der Waals surface area contributed by atoms with Gasteiger partial charge in [0, 0.05) is 13.7 Å². The van der Waals surface area contributed by atoms with E-state index in [0.29, 0.717) is 11.1 Å². The first-order valence-electron chi connectivity index (χ1n) is 8.94. The van der Waals surface area contributed by atoms with E-state index >= 15 is 0 Å². The number of hydrogen-bond acceptors (Lipinski definition) is 5. The number of nitrogens with one attached hydrogen (secondary N) is 2. The van der Waals surface area contributed by atoms with E-state index in [1.54, 1.807) is 55.5 Å². The second-order valence-electron chi connectivity index (χ2n) is 5.96. The zero-order valence-corrected chi connectivity index (χ0v) is 16.1. The van der Waals surface area contributed by atoms with Crippen LogP contribution < -0.4 is 10.6 Å². The van der Waals surface area contributed by atoms with Gasteiger partial charge < -0.3 is 14.8 Å². The van der Waals surface area contributed by atoms with Crippen LogP contribution in [0, 0.1) is 0 Å². The lowest BCUT2D eigenvalue weighted by Gasteiger charge is -2.33. The van der Waals surface area contributed by atoms with E-state index < -0.39 is 29.6 Å². The summed E-state index contributed by atoms with van der Waals surface area (Å²) in [5.74, 6) is -1.48. The molecule has 3 amide bonds. The Morgan fingerprint density at radius 1 is 0.964 bits per heavy atom. The lowest BCUT2D eigenvalue weighted by molar-refractivity contribution is -0.175. The van der Waals surface area contributed by atoms with Crippen LogP contribution in [0.15, 0.2) is 60.7 Å². The molecule has 7 nitrogen and oxygen atoms in total. The van der Waals surface area contributed by atoms with Gasteiger partial charge in [-0.25, -0.2) is 9.59 Å². The average Bonchev–Trinajstić information content (AvgIpc) is 2.72. The molecule has 0 saturated heterocycles. The van der Waals surface area contributed by atoms with Gasteiger partial charge in [-0.15, -0.1) is 0 Å². The molecule has 2 aromatic carbocycles. The van der Waals surface area contributed by atoms with E-state index in [4.69, 9.17) is 9.47 Å². The van der Waals surface area contributed by atoms with Crippen molar-refractivity contribution in [3.05, 3.63) is 71.8 Å². The number of carbonyl (C=O) groups excluding carboxylic acids is 3. The monoisotopic (exact) mass is 384 g/mol. The molecule has 1 atom stereocenters. The lowest BCUT2D eigenvalue weighted by Crippen LogP contribution is -2.47. The minimum absolute atomic E-state index is 0.234. The third-order valence-electron chi connectivity index (χ3n) is 4.13. The van der Waals surface area contributed by atoms with Gasteiger partial charge in [0.15, 0.2) is 6.10 Å². The summed E-state index contributed by atoms with van der Waals surface area (Å²) < 4.78 is 11.4.